The van der Waals surface area contributed by atoms with Gasteiger partial charge >= 0.3 is 0 Å². The summed E-state index contributed by atoms with van der Waals surface area (Å²) in [5.41, 5.74) is 7.20. The summed E-state index contributed by atoms with van der Waals surface area (Å²) in [6.45, 7) is 1.96. The van der Waals surface area contributed by atoms with Gasteiger partial charge in [-0.3, -0.25) is 4.79 Å². The van der Waals surface area contributed by atoms with Crippen molar-refractivity contribution in [3.8, 4) is 0 Å². The number of nitrogens with two attached hydrogens (primary N) is 1. The van der Waals surface area contributed by atoms with E-state index in [0.717, 1.165) is 18.5 Å². The monoisotopic (exact) mass is 303 g/mol. The molecule has 1 saturated heterocycles. The molecule has 0 aromatic heterocycles. The lowest BCUT2D eigenvalue weighted by Gasteiger charge is -2.33. The molecule has 1 amide bonds. The molecule has 122 valence electrons. The van der Waals surface area contributed by atoms with E-state index in [4.69, 9.17) is 5.73 Å². The summed E-state index contributed by atoms with van der Waals surface area (Å²) in [4.78, 5) is 16.6. The fourth-order valence-corrected chi connectivity index (χ4v) is 3.20. The fraction of sp³-hybridized carbons (Fsp3) is 0.611. The number of likely N-dealkylation sites (tertiary alicyclic amines) is 1. The summed E-state index contributed by atoms with van der Waals surface area (Å²) < 4.78 is 0. The van der Waals surface area contributed by atoms with Crippen LogP contribution in [0.4, 0.5) is 0 Å². The molecule has 1 aromatic carbocycles. The van der Waals surface area contributed by atoms with Crippen LogP contribution in [0.15, 0.2) is 30.3 Å². The molecule has 1 aliphatic rings. The number of hydrogen-bond donors (Lipinski definition) is 1. The minimum Gasteiger partial charge on any atom is -0.344 e. The number of benzene rings is 1. The maximum atomic E-state index is 12.4. The van der Waals surface area contributed by atoms with Gasteiger partial charge in [-0.05, 0) is 44.8 Å². The standard InChI is InChI=1S/C18H29N3O/c1-20-12-7-6-10-16(20)11-13-21(2)18(22)17(19)14-15-8-4-3-5-9-15/h3-5,8-9,16-17H,6-7,10-14,19H2,1-2H3. The quantitative estimate of drug-likeness (QED) is 0.873. The van der Waals surface area contributed by atoms with Crippen LogP contribution >= 0.6 is 0 Å². The van der Waals surface area contributed by atoms with E-state index in [2.05, 4.69) is 11.9 Å². The first-order valence-electron chi connectivity index (χ1n) is 8.32. The molecule has 2 N–H and O–H groups in total. The third-order valence-electron chi connectivity index (χ3n) is 4.71. The molecule has 22 heavy (non-hydrogen) atoms. The Balaban J connectivity index is 1.78. The van der Waals surface area contributed by atoms with Gasteiger partial charge in [0, 0.05) is 19.6 Å². The smallest absolute Gasteiger partial charge is 0.239 e. The van der Waals surface area contributed by atoms with Crippen molar-refractivity contribution in [2.24, 2.45) is 5.73 Å². The number of rotatable bonds is 6. The van der Waals surface area contributed by atoms with Crippen LogP contribution in [0, 0.1) is 0 Å². The van der Waals surface area contributed by atoms with Crippen molar-refractivity contribution in [3.63, 3.8) is 0 Å². The second-order valence-electron chi connectivity index (χ2n) is 6.47. The molecule has 1 fully saturated rings. The highest BCUT2D eigenvalue weighted by Gasteiger charge is 2.22. The summed E-state index contributed by atoms with van der Waals surface area (Å²) in [6.07, 6.45) is 5.49. The normalized spacial score (nSPS) is 20.6. The summed E-state index contributed by atoms with van der Waals surface area (Å²) in [6, 6.07) is 10.1. The predicted molar refractivity (Wildman–Crippen MR) is 90.6 cm³/mol. The highest BCUT2D eigenvalue weighted by atomic mass is 16.2. The molecule has 0 bridgehead atoms. The number of amides is 1. The van der Waals surface area contributed by atoms with E-state index in [1.54, 1.807) is 4.90 Å². The minimum absolute atomic E-state index is 0.0438. The Labute approximate surface area is 134 Å². The molecule has 0 saturated carbocycles. The molecule has 0 aliphatic carbocycles. The summed E-state index contributed by atoms with van der Waals surface area (Å²) >= 11 is 0. The van der Waals surface area contributed by atoms with E-state index in [0.29, 0.717) is 12.5 Å². The molecule has 2 rings (SSSR count). The lowest BCUT2D eigenvalue weighted by atomic mass is 9.99. The van der Waals surface area contributed by atoms with Gasteiger partial charge in [0.15, 0.2) is 0 Å². The average Bonchev–Trinajstić information content (AvgIpc) is 2.54. The molecular weight excluding hydrogens is 274 g/mol. The van der Waals surface area contributed by atoms with Gasteiger partial charge in [0.25, 0.3) is 0 Å². The van der Waals surface area contributed by atoms with Gasteiger partial charge in [0.2, 0.25) is 5.91 Å². The molecule has 4 heteroatoms. The zero-order valence-corrected chi connectivity index (χ0v) is 13.9. The summed E-state index contributed by atoms with van der Waals surface area (Å²) in [5.74, 6) is 0.0438. The number of piperidine rings is 1. The van der Waals surface area contributed by atoms with Crippen molar-refractivity contribution in [1.29, 1.82) is 0 Å². The molecule has 1 aromatic rings. The number of likely N-dealkylation sites (N-methyl/N-ethyl adjacent to an activating group) is 1. The van der Waals surface area contributed by atoms with E-state index in [1.165, 1.54) is 25.8 Å². The van der Waals surface area contributed by atoms with E-state index in [9.17, 15) is 4.79 Å². The van der Waals surface area contributed by atoms with Crippen molar-refractivity contribution >= 4 is 5.91 Å². The maximum absolute atomic E-state index is 12.4. The molecule has 0 radical (unpaired) electrons. The summed E-state index contributed by atoms with van der Waals surface area (Å²) in [7, 11) is 4.06. The second-order valence-corrected chi connectivity index (χ2v) is 6.47. The van der Waals surface area contributed by atoms with Crippen molar-refractivity contribution in [2.45, 2.75) is 44.2 Å². The third kappa shape index (κ3) is 4.82. The van der Waals surface area contributed by atoms with Gasteiger partial charge in [-0.2, -0.15) is 0 Å². The Morgan fingerprint density at radius 1 is 1.36 bits per heavy atom. The Bertz CT molecular complexity index is 463. The van der Waals surface area contributed by atoms with Gasteiger partial charge in [0.05, 0.1) is 6.04 Å². The van der Waals surface area contributed by atoms with Crippen LogP contribution in [0.3, 0.4) is 0 Å². The van der Waals surface area contributed by atoms with Crippen LogP contribution in [-0.2, 0) is 11.2 Å². The van der Waals surface area contributed by atoms with Gasteiger partial charge in [-0.25, -0.2) is 0 Å². The first-order valence-corrected chi connectivity index (χ1v) is 8.32. The molecule has 0 spiro atoms. The molecule has 2 unspecified atom stereocenters. The fourth-order valence-electron chi connectivity index (χ4n) is 3.20. The first kappa shape index (κ1) is 17.0. The van der Waals surface area contributed by atoms with Gasteiger partial charge < -0.3 is 15.5 Å². The van der Waals surface area contributed by atoms with Crippen LogP contribution in [-0.4, -0.2) is 55.0 Å². The van der Waals surface area contributed by atoms with E-state index >= 15 is 0 Å². The molecule has 4 nitrogen and oxygen atoms in total. The van der Waals surface area contributed by atoms with Crippen LogP contribution in [0.1, 0.15) is 31.2 Å². The Kier molecular flexibility index (Phi) is 6.40. The number of nitrogens with zero attached hydrogens (tertiary/aromatic N) is 2. The molecule has 1 heterocycles. The van der Waals surface area contributed by atoms with Crippen molar-refractivity contribution < 1.29 is 4.79 Å². The van der Waals surface area contributed by atoms with Crippen LogP contribution in [0.25, 0.3) is 0 Å². The van der Waals surface area contributed by atoms with E-state index in [1.807, 2.05) is 37.4 Å². The largest absolute Gasteiger partial charge is 0.344 e. The lowest BCUT2D eigenvalue weighted by molar-refractivity contribution is -0.131. The zero-order chi connectivity index (χ0) is 15.9. The van der Waals surface area contributed by atoms with Gasteiger partial charge in [-0.15, -0.1) is 0 Å². The van der Waals surface area contributed by atoms with Crippen LogP contribution in [0.5, 0.6) is 0 Å². The Morgan fingerprint density at radius 2 is 2.09 bits per heavy atom. The van der Waals surface area contributed by atoms with E-state index < -0.39 is 6.04 Å². The van der Waals surface area contributed by atoms with Crippen molar-refractivity contribution in [2.75, 3.05) is 27.2 Å². The topological polar surface area (TPSA) is 49.6 Å². The second kappa shape index (κ2) is 8.30. The third-order valence-corrected chi connectivity index (χ3v) is 4.71. The van der Waals surface area contributed by atoms with Crippen molar-refractivity contribution in [1.82, 2.24) is 9.80 Å². The van der Waals surface area contributed by atoms with E-state index in [-0.39, 0.29) is 5.91 Å². The molecular formula is C18H29N3O. The van der Waals surface area contributed by atoms with Crippen LogP contribution in [0.2, 0.25) is 0 Å². The predicted octanol–water partition coefficient (Wildman–Crippen LogP) is 1.89. The number of carbonyl (C=O) groups is 1. The molecule has 1 aliphatic heterocycles. The Morgan fingerprint density at radius 3 is 2.77 bits per heavy atom. The average molecular weight is 303 g/mol. The van der Waals surface area contributed by atoms with Crippen molar-refractivity contribution in [3.05, 3.63) is 35.9 Å². The Hall–Kier alpha value is -1.39. The zero-order valence-electron chi connectivity index (χ0n) is 13.9. The SMILES string of the molecule is CN(CCC1CCCCN1C)C(=O)C(N)Cc1ccccc1. The minimum atomic E-state index is -0.448. The lowest BCUT2D eigenvalue weighted by Crippen LogP contribution is -2.45. The summed E-state index contributed by atoms with van der Waals surface area (Å²) in [5, 5.41) is 0. The number of hydrogen-bond acceptors (Lipinski definition) is 3. The molecule has 2 atom stereocenters. The highest BCUT2D eigenvalue weighted by molar-refractivity contribution is 5.81. The van der Waals surface area contributed by atoms with Gasteiger partial charge in [0.1, 0.15) is 0 Å². The first-order chi connectivity index (χ1) is 10.6. The maximum Gasteiger partial charge on any atom is 0.239 e. The van der Waals surface area contributed by atoms with Crippen LogP contribution < -0.4 is 5.73 Å². The van der Waals surface area contributed by atoms with Gasteiger partial charge in [-0.1, -0.05) is 36.8 Å². The number of carbonyl (C=O) groups excluding carboxylic acids is 1. The highest BCUT2D eigenvalue weighted by Crippen LogP contribution is 2.18.